The van der Waals surface area contributed by atoms with Gasteiger partial charge in [0.1, 0.15) is 22.6 Å². The van der Waals surface area contributed by atoms with Gasteiger partial charge in [-0.2, -0.15) is 15.2 Å². The number of aryl methyl sites for hydroxylation is 1. The summed E-state index contributed by atoms with van der Waals surface area (Å²) in [6, 6.07) is 4.67. The smallest absolute Gasteiger partial charge is 0.246 e. The second-order valence-electron chi connectivity index (χ2n) is 12.9. The van der Waals surface area contributed by atoms with Crippen LogP contribution >= 0.6 is 11.3 Å². The number of rotatable bonds is 5. The van der Waals surface area contributed by atoms with Crippen LogP contribution in [0.15, 0.2) is 23.2 Å². The van der Waals surface area contributed by atoms with Gasteiger partial charge in [0.05, 0.1) is 17.0 Å². The Morgan fingerprint density at radius 2 is 2.05 bits per heavy atom. The van der Waals surface area contributed by atoms with Gasteiger partial charge in [0.2, 0.25) is 23.6 Å². The van der Waals surface area contributed by atoms with Crippen molar-refractivity contribution >= 4 is 34.0 Å². The van der Waals surface area contributed by atoms with Gasteiger partial charge in [-0.05, 0) is 59.2 Å². The number of nitrogens with zero attached hydrogens (tertiary/aromatic N) is 9. The molecule has 2 N–H and O–H groups in total. The number of aromatic nitrogens is 4. The molecule has 3 aromatic heterocycles. The van der Waals surface area contributed by atoms with Gasteiger partial charge in [0.25, 0.3) is 0 Å². The molecule has 7 rings (SSSR count). The standard InChI is InChI=1S/C31H38N10O2S/c1-5-25(42)39-15-19-16-41(22(19)17-39)24-12-21(34-30(35-24)40-11-7-10-38(4)14-18(40)2)28-36-29(43-37-28)31(3)9-6-8-23-26(31)20(13-32)27(33)44-23/h5,12,18-19,22H,1,6-11,14-17,33H2,2-4H3/t18-,19+,22+,31-/m0/s1. The van der Waals surface area contributed by atoms with E-state index < -0.39 is 5.41 Å². The van der Waals surface area contributed by atoms with Crippen molar-refractivity contribution in [3.8, 4) is 17.6 Å². The molecule has 230 valence electrons. The Labute approximate surface area is 261 Å². The first-order chi connectivity index (χ1) is 21.2. The van der Waals surface area contributed by atoms with Crippen molar-refractivity contribution in [2.45, 2.75) is 57.0 Å². The summed E-state index contributed by atoms with van der Waals surface area (Å²) in [6.45, 7) is 12.9. The first-order valence-electron chi connectivity index (χ1n) is 15.4. The molecule has 12 nitrogen and oxygen atoms in total. The highest BCUT2D eigenvalue weighted by Gasteiger charge is 2.48. The number of amides is 1. The van der Waals surface area contributed by atoms with E-state index in [1.165, 1.54) is 17.4 Å². The minimum absolute atomic E-state index is 0.0310. The van der Waals surface area contributed by atoms with E-state index in [0.717, 1.165) is 74.7 Å². The van der Waals surface area contributed by atoms with E-state index in [1.54, 1.807) is 0 Å². The molecule has 3 aliphatic heterocycles. The number of nitrogen functional groups attached to an aromatic ring is 1. The molecule has 1 amide bonds. The van der Waals surface area contributed by atoms with Crippen molar-refractivity contribution < 1.29 is 9.32 Å². The van der Waals surface area contributed by atoms with Crippen molar-refractivity contribution in [3.05, 3.63) is 40.6 Å². The topological polar surface area (TPSA) is 145 Å². The third kappa shape index (κ3) is 4.62. The van der Waals surface area contributed by atoms with E-state index >= 15 is 0 Å². The van der Waals surface area contributed by atoms with Gasteiger partial charge in [0.15, 0.2) is 0 Å². The molecule has 4 atom stereocenters. The maximum atomic E-state index is 12.4. The molecular formula is C31H38N10O2S. The first-order valence-corrected chi connectivity index (χ1v) is 16.2. The molecule has 0 saturated carbocycles. The molecular weight excluding hydrogens is 576 g/mol. The van der Waals surface area contributed by atoms with Crippen LogP contribution in [0.25, 0.3) is 11.5 Å². The summed E-state index contributed by atoms with van der Waals surface area (Å²) < 4.78 is 5.98. The average molecular weight is 615 g/mol. The van der Waals surface area contributed by atoms with E-state index in [9.17, 15) is 10.1 Å². The molecule has 0 spiro atoms. The van der Waals surface area contributed by atoms with E-state index in [-0.39, 0.29) is 18.0 Å². The highest BCUT2D eigenvalue weighted by atomic mass is 32.1. The highest BCUT2D eigenvalue weighted by molar-refractivity contribution is 7.16. The molecule has 0 aromatic carbocycles. The van der Waals surface area contributed by atoms with E-state index in [1.807, 2.05) is 11.0 Å². The fraction of sp³-hybridized carbons (Fsp3) is 0.548. The summed E-state index contributed by atoms with van der Waals surface area (Å²) in [5.74, 6) is 2.68. The Hall–Kier alpha value is -4.02. The van der Waals surface area contributed by atoms with Crippen LogP contribution in [-0.4, -0.2) is 94.2 Å². The number of carbonyl (C=O) groups is 1. The zero-order valence-electron chi connectivity index (χ0n) is 25.5. The molecule has 6 heterocycles. The van der Waals surface area contributed by atoms with Crippen LogP contribution in [0, 0.1) is 17.2 Å². The van der Waals surface area contributed by atoms with Gasteiger partial charge in [-0.1, -0.05) is 11.7 Å². The van der Waals surface area contributed by atoms with Gasteiger partial charge in [0, 0.05) is 61.2 Å². The molecule has 3 saturated heterocycles. The maximum absolute atomic E-state index is 12.4. The molecule has 0 unspecified atom stereocenters. The lowest BCUT2D eigenvalue weighted by molar-refractivity contribution is -0.125. The Bertz CT molecular complexity index is 1660. The number of hydrogen-bond acceptors (Lipinski definition) is 12. The van der Waals surface area contributed by atoms with Crippen LogP contribution in [-0.2, 0) is 16.6 Å². The fourth-order valence-electron chi connectivity index (χ4n) is 7.55. The molecule has 3 aromatic rings. The lowest BCUT2D eigenvalue weighted by atomic mass is 9.72. The largest absolute Gasteiger partial charge is 0.389 e. The minimum Gasteiger partial charge on any atom is -0.389 e. The number of carbonyl (C=O) groups excluding carboxylic acids is 1. The first kappa shape index (κ1) is 28.7. The lowest BCUT2D eigenvalue weighted by Gasteiger charge is -2.44. The second-order valence-corrected chi connectivity index (χ2v) is 14.0. The predicted octanol–water partition coefficient (Wildman–Crippen LogP) is 3.05. The monoisotopic (exact) mass is 614 g/mol. The van der Waals surface area contributed by atoms with Crippen LogP contribution < -0.4 is 15.5 Å². The summed E-state index contributed by atoms with van der Waals surface area (Å²) >= 11 is 1.49. The number of likely N-dealkylation sites (N-methyl/N-ethyl adjacent to an activating group) is 1. The summed E-state index contributed by atoms with van der Waals surface area (Å²) in [6.07, 6.45) is 5.01. The maximum Gasteiger partial charge on any atom is 0.246 e. The quantitative estimate of drug-likeness (QED) is 0.423. The minimum atomic E-state index is -0.615. The SMILES string of the molecule is C=CC(=O)N1C[C@@H]2CN(c3cc(-c4noc([C@@]5(C)CCCc6sc(N)c(C#N)c65)n4)nc(N4CCCN(C)C[C@@H]4C)n3)[C@@H]2C1. The fourth-order valence-corrected chi connectivity index (χ4v) is 8.74. The number of anilines is 3. The number of nitrogens with two attached hydrogens (primary N) is 1. The molecule has 13 heteroatoms. The zero-order valence-corrected chi connectivity index (χ0v) is 26.3. The average Bonchev–Trinajstić information content (AvgIpc) is 3.68. The van der Waals surface area contributed by atoms with Gasteiger partial charge < -0.3 is 29.9 Å². The second kappa shape index (κ2) is 10.9. The molecule has 0 bridgehead atoms. The summed E-state index contributed by atoms with van der Waals surface area (Å²) in [7, 11) is 2.15. The predicted molar refractivity (Wildman–Crippen MR) is 168 cm³/mol. The van der Waals surface area contributed by atoms with E-state index in [2.05, 4.69) is 53.4 Å². The Morgan fingerprint density at radius 3 is 2.84 bits per heavy atom. The van der Waals surface area contributed by atoms with Crippen LogP contribution in [0.3, 0.4) is 0 Å². The molecule has 4 aliphatic rings. The molecule has 1 aliphatic carbocycles. The van der Waals surface area contributed by atoms with E-state index in [4.69, 9.17) is 25.2 Å². The molecule has 44 heavy (non-hydrogen) atoms. The van der Waals surface area contributed by atoms with Crippen molar-refractivity contribution in [3.63, 3.8) is 0 Å². The molecule has 3 fully saturated rings. The summed E-state index contributed by atoms with van der Waals surface area (Å²) in [4.78, 5) is 37.3. The van der Waals surface area contributed by atoms with Crippen molar-refractivity contribution in [2.75, 3.05) is 61.8 Å². The number of hydrogen-bond donors (Lipinski definition) is 1. The number of fused-ring (bicyclic) bond motifs is 2. The van der Waals surface area contributed by atoms with Crippen molar-refractivity contribution in [1.29, 1.82) is 5.26 Å². The third-order valence-corrected chi connectivity index (χ3v) is 11.0. The van der Waals surface area contributed by atoms with Gasteiger partial charge in [-0.25, -0.2) is 4.98 Å². The molecule has 0 radical (unpaired) electrons. The third-order valence-electron chi connectivity index (χ3n) is 9.90. The Balaban J connectivity index is 1.27. The number of thiophene rings is 1. The van der Waals surface area contributed by atoms with Crippen LogP contribution in [0.4, 0.5) is 16.8 Å². The van der Waals surface area contributed by atoms with Gasteiger partial charge >= 0.3 is 0 Å². The van der Waals surface area contributed by atoms with Crippen LogP contribution in [0.1, 0.15) is 55.0 Å². The van der Waals surface area contributed by atoms with Crippen molar-refractivity contribution in [2.24, 2.45) is 5.92 Å². The van der Waals surface area contributed by atoms with Crippen LogP contribution in [0.5, 0.6) is 0 Å². The Kier molecular flexibility index (Phi) is 7.09. The number of nitriles is 1. The Morgan fingerprint density at radius 1 is 1.20 bits per heavy atom. The summed E-state index contributed by atoms with van der Waals surface area (Å²) in [5, 5.41) is 14.9. The lowest BCUT2D eigenvalue weighted by Crippen LogP contribution is -2.56. The van der Waals surface area contributed by atoms with Gasteiger partial charge in [-0.15, -0.1) is 11.3 Å². The zero-order chi connectivity index (χ0) is 30.7. The highest BCUT2D eigenvalue weighted by Crippen LogP contribution is 2.48. The van der Waals surface area contributed by atoms with E-state index in [0.29, 0.717) is 46.4 Å². The number of likely N-dealkylation sites (tertiary alicyclic amines) is 1. The van der Waals surface area contributed by atoms with Crippen molar-refractivity contribution in [1.82, 2.24) is 29.9 Å². The summed E-state index contributed by atoms with van der Waals surface area (Å²) in [5.41, 5.74) is 7.67. The van der Waals surface area contributed by atoms with Gasteiger partial charge in [-0.3, -0.25) is 4.79 Å². The normalized spacial score (nSPS) is 26.9. The van der Waals surface area contributed by atoms with Crippen LogP contribution in [0.2, 0.25) is 0 Å².